The van der Waals surface area contributed by atoms with Crippen LogP contribution in [0.25, 0.3) is 0 Å². The minimum atomic E-state index is -1.91. The van der Waals surface area contributed by atoms with Crippen molar-refractivity contribution in [1.29, 1.82) is 0 Å². The van der Waals surface area contributed by atoms with Gasteiger partial charge in [0.1, 0.15) is 0 Å². The van der Waals surface area contributed by atoms with E-state index in [-0.39, 0.29) is 0 Å². The monoisotopic (exact) mass is 236 g/mol. The van der Waals surface area contributed by atoms with Crippen LogP contribution >= 0.6 is 0 Å². The second kappa shape index (κ2) is 9.29. The number of hydrogen-bond donors (Lipinski definition) is 0. The molecule has 4 nitrogen and oxygen atoms in total. The van der Waals surface area contributed by atoms with Gasteiger partial charge in [0.15, 0.2) is 0 Å². The number of hydrogen-bond acceptors (Lipinski definition) is 4. The molecule has 0 rings (SSSR count). The van der Waals surface area contributed by atoms with E-state index in [0.717, 1.165) is 39.3 Å². The van der Waals surface area contributed by atoms with Crippen LogP contribution in [0.15, 0.2) is 0 Å². The van der Waals surface area contributed by atoms with Crippen LogP contribution in [-0.2, 0) is 18.3 Å². The molecule has 0 aliphatic heterocycles. The molecule has 15 heavy (non-hydrogen) atoms. The van der Waals surface area contributed by atoms with Crippen molar-refractivity contribution in [1.82, 2.24) is 0 Å². The van der Waals surface area contributed by atoms with E-state index in [1.807, 2.05) is 0 Å². The predicted octanol–water partition coefficient (Wildman–Crippen LogP) is 1.79. The van der Waals surface area contributed by atoms with E-state index < -0.39 is 8.56 Å². The second-order valence-electron chi connectivity index (χ2n) is 3.79. The van der Waals surface area contributed by atoms with Gasteiger partial charge in [-0.2, -0.15) is 0 Å². The molecule has 0 spiro atoms. The van der Waals surface area contributed by atoms with Crippen LogP contribution in [0.1, 0.15) is 12.8 Å². The molecule has 0 aromatic heterocycles. The van der Waals surface area contributed by atoms with Gasteiger partial charge in [-0.3, -0.25) is 0 Å². The Labute approximate surface area is 94.1 Å². The molecule has 5 heteroatoms. The van der Waals surface area contributed by atoms with E-state index in [9.17, 15) is 0 Å². The van der Waals surface area contributed by atoms with E-state index in [0.29, 0.717) is 0 Å². The summed E-state index contributed by atoms with van der Waals surface area (Å²) >= 11 is 0. The average molecular weight is 236 g/mol. The highest BCUT2D eigenvalue weighted by atomic mass is 28.4. The van der Waals surface area contributed by atoms with E-state index in [4.69, 9.17) is 18.3 Å². The Morgan fingerprint density at radius 3 is 1.47 bits per heavy atom. The summed E-state index contributed by atoms with van der Waals surface area (Å²) in [6.07, 6.45) is 1.85. The summed E-state index contributed by atoms with van der Waals surface area (Å²) in [7, 11) is 1.48. The Morgan fingerprint density at radius 1 is 0.733 bits per heavy atom. The van der Waals surface area contributed by atoms with Crippen LogP contribution in [-0.4, -0.2) is 49.2 Å². The van der Waals surface area contributed by atoms with E-state index >= 15 is 0 Å². The van der Waals surface area contributed by atoms with Crippen molar-refractivity contribution in [3.05, 3.63) is 0 Å². The van der Waals surface area contributed by atoms with Crippen molar-refractivity contribution in [2.75, 3.05) is 40.6 Å². The van der Waals surface area contributed by atoms with Gasteiger partial charge >= 0.3 is 8.56 Å². The van der Waals surface area contributed by atoms with Gasteiger partial charge in [-0.15, -0.1) is 0 Å². The zero-order valence-electron chi connectivity index (χ0n) is 10.4. The smallest absolute Gasteiger partial charge is 0.331 e. The number of methoxy groups -OCH3 is 2. The minimum Gasteiger partial charge on any atom is -0.394 e. The van der Waals surface area contributed by atoms with Crippen molar-refractivity contribution in [3.63, 3.8) is 0 Å². The highest BCUT2D eigenvalue weighted by Gasteiger charge is 2.23. The standard InChI is InChI=1S/C10H24O4Si/c1-11-7-5-9-13-15(3,4)14-10-6-8-12-2/h5-10H2,1-4H3. The number of rotatable bonds is 10. The molecular weight excluding hydrogens is 212 g/mol. The van der Waals surface area contributed by atoms with Crippen LogP contribution in [0.3, 0.4) is 0 Å². The highest BCUT2D eigenvalue weighted by Crippen LogP contribution is 2.07. The molecule has 0 amide bonds. The summed E-state index contributed by atoms with van der Waals surface area (Å²) in [5.41, 5.74) is 0. The maximum atomic E-state index is 5.71. The fourth-order valence-corrected chi connectivity index (χ4v) is 2.44. The lowest BCUT2D eigenvalue weighted by molar-refractivity contribution is 0.128. The SMILES string of the molecule is COCCCO[Si](C)(C)OCCCOC. The molecule has 0 bridgehead atoms. The van der Waals surface area contributed by atoms with Gasteiger partial charge in [-0.25, -0.2) is 0 Å². The van der Waals surface area contributed by atoms with Crippen LogP contribution in [0.2, 0.25) is 13.1 Å². The van der Waals surface area contributed by atoms with Crippen molar-refractivity contribution < 1.29 is 18.3 Å². The molecule has 0 atom stereocenters. The third-order valence-electron chi connectivity index (χ3n) is 1.88. The number of ether oxygens (including phenoxy) is 2. The lowest BCUT2D eigenvalue weighted by Gasteiger charge is -2.22. The normalized spacial score (nSPS) is 12.0. The van der Waals surface area contributed by atoms with Crippen LogP contribution in [0.4, 0.5) is 0 Å². The molecule has 92 valence electrons. The molecule has 0 heterocycles. The van der Waals surface area contributed by atoms with Gasteiger partial charge in [0.25, 0.3) is 0 Å². The van der Waals surface area contributed by atoms with Crippen molar-refractivity contribution >= 4 is 8.56 Å². The lowest BCUT2D eigenvalue weighted by atomic mass is 10.5. The molecule has 0 saturated carbocycles. The quantitative estimate of drug-likeness (QED) is 0.428. The van der Waals surface area contributed by atoms with Crippen molar-refractivity contribution in [2.24, 2.45) is 0 Å². The molecule has 0 radical (unpaired) electrons. The zero-order valence-corrected chi connectivity index (χ0v) is 11.4. The maximum Gasteiger partial charge on any atom is 0.331 e. The zero-order chi connectivity index (χ0) is 11.6. The molecular formula is C10H24O4Si. The second-order valence-corrected chi connectivity index (χ2v) is 7.17. The fraction of sp³-hybridized carbons (Fsp3) is 1.00. The fourth-order valence-electron chi connectivity index (χ4n) is 1.08. The average Bonchev–Trinajstić information content (AvgIpc) is 2.20. The molecule has 0 saturated heterocycles. The summed E-state index contributed by atoms with van der Waals surface area (Å²) in [5.74, 6) is 0. The maximum absolute atomic E-state index is 5.71. The third kappa shape index (κ3) is 10.3. The van der Waals surface area contributed by atoms with E-state index in [1.165, 1.54) is 0 Å². The van der Waals surface area contributed by atoms with Gasteiger partial charge in [-0.05, 0) is 25.9 Å². The molecule has 0 fully saturated rings. The molecule has 0 aliphatic rings. The highest BCUT2D eigenvalue weighted by molar-refractivity contribution is 6.64. The first-order valence-corrected chi connectivity index (χ1v) is 8.20. The van der Waals surface area contributed by atoms with Crippen LogP contribution < -0.4 is 0 Å². The Bertz CT molecular complexity index is 127. The summed E-state index contributed by atoms with van der Waals surface area (Å²) in [6.45, 7) is 7.05. The van der Waals surface area contributed by atoms with E-state index in [1.54, 1.807) is 14.2 Å². The van der Waals surface area contributed by atoms with Gasteiger partial charge in [0, 0.05) is 40.6 Å². The van der Waals surface area contributed by atoms with Gasteiger partial charge in [0.2, 0.25) is 0 Å². The molecule has 0 aromatic rings. The summed E-state index contributed by atoms with van der Waals surface area (Å²) in [5, 5.41) is 0. The first-order chi connectivity index (χ1) is 7.12. The van der Waals surface area contributed by atoms with Crippen molar-refractivity contribution in [2.45, 2.75) is 25.9 Å². The van der Waals surface area contributed by atoms with Gasteiger partial charge in [-0.1, -0.05) is 0 Å². The van der Waals surface area contributed by atoms with Crippen LogP contribution in [0, 0.1) is 0 Å². The first-order valence-electron chi connectivity index (χ1n) is 5.38. The topological polar surface area (TPSA) is 36.9 Å². The Balaban J connectivity index is 3.40. The van der Waals surface area contributed by atoms with Crippen molar-refractivity contribution in [3.8, 4) is 0 Å². The summed E-state index contributed by atoms with van der Waals surface area (Å²) in [4.78, 5) is 0. The minimum absolute atomic E-state index is 0.720. The third-order valence-corrected chi connectivity index (χ3v) is 3.68. The lowest BCUT2D eigenvalue weighted by Crippen LogP contribution is -2.35. The summed E-state index contributed by atoms with van der Waals surface area (Å²) in [6, 6.07) is 0. The molecule has 0 N–H and O–H groups in total. The largest absolute Gasteiger partial charge is 0.394 e. The Kier molecular flexibility index (Phi) is 9.33. The van der Waals surface area contributed by atoms with Gasteiger partial charge < -0.3 is 18.3 Å². The molecule has 0 aromatic carbocycles. The summed E-state index contributed by atoms with van der Waals surface area (Å²) < 4.78 is 21.3. The Morgan fingerprint density at radius 2 is 1.13 bits per heavy atom. The van der Waals surface area contributed by atoms with E-state index in [2.05, 4.69) is 13.1 Å². The molecule has 0 unspecified atom stereocenters. The van der Waals surface area contributed by atoms with Crippen LogP contribution in [0.5, 0.6) is 0 Å². The van der Waals surface area contributed by atoms with Gasteiger partial charge in [0.05, 0.1) is 0 Å². The Hall–Kier alpha value is 0.0569. The molecule has 0 aliphatic carbocycles. The first kappa shape index (κ1) is 15.1. The predicted molar refractivity (Wildman–Crippen MR) is 62.4 cm³/mol.